The molecule has 0 fully saturated rings. The average molecular weight is 295 g/mol. The SMILES string of the molecule is Cc1cnccc1CNS(=O)(=O)c1ccc(F)cc1N. The van der Waals surface area contributed by atoms with Gasteiger partial charge < -0.3 is 5.73 Å². The summed E-state index contributed by atoms with van der Waals surface area (Å²) in [7, 11) is -3.78. The maximum atomic E-state index is 12.9. The largest absolute Gasteiger partial charge is 0.398 e. The van der Waals surface area contributed by atoms with E-state index in [0.29, 0.717) is 0 Å². The van der Waals surface area contributed by atoms with Crippen molar-refractivity contribution in [2.75, 3.05) is 5.73 Å². The van der Waals surface area contributed by atoms with Crippen molar-refractivity contribution >= 4 is 15.7 Å². The predicted molar refractivity (Wildman–Crippen MR) is 73.8 cm³/mol. The Labute approximate surface area is 116 Å². The number of anilines is 1. The van der Waals surface area contributed by atoms with Crippen LogP contribution in [0.25, 0.3) is 0 Å². The number of aromatic nitrogens is 1. The number of nitrogens with two attached hydrogens (primary N) is 1. The molecule has 0 bridgehead atoms. The number of halogens is 1. The Morgan fingerprint density at radius 3 is 2.75 bits per heavy atom. The number of pyridine rings is 1. The predicted octanol–water partition coefficient (Wildman–Crippen LogP) is 1.59. The second-order valence-corrected chi connectivity index (χ2v) is 6.04. The van der Waals surface area contributed by atoms with Crippen molar-refractivity contribution in [3.05, 3.63) is 53.6 Å². The minimum atomic E-state index is -3.78. The van der Waals surface area contributed by atoms with E-state index in [0.717, 1.165) is 29.3 Å². The molecular formula is C13H14FN3O2S. The summed E-state index contributed by atoms with van der Waals surface area (Å²) in [6.07, 6.45) is 3.23. The summed E-state index contributed by atoms with van der Waals surface area (Å²) in [5, 5.41) is 0. The molecule has 0 aliphatic carbocycles. The lowest BCUT2D eigenvalue weighted by atomic mass is 10.2. The number of rotatable bonds is 4. The van der Waals surface area contributed by atoms with Crippen molar-refractivity contribution in [1.29, 1.82) is 0 Å². The molecule has 1 aromatic heterocycles. The second kappa shape index (κ2) is 5.56. The van der Waals surface area contributed by atoms with Gasteiger partial charge in [0.2, 0.25) is 10.0 Å². The fourth-order valence-electron chi connectivity index (χ4n) is 1.72. The molecule has 20 heavy (non-hydrogen) atoms. The molecular weight excluding hydrogens is 281 g/mol. The third-order valence-corrected chi connectivity index (χ3v) is 4.33. The lowest BCUT2D eigenvalue weighted by molar-refractivity contribution is 0.581. The highest BCUT2D eigenvalue weighted by Gasteiger charge is 2.17. The molecule has 1 heterocycles. The van der Waals surface area contributed by atoms with E-state index in [-0.39, 0.29) is 17.1 Å². The van der Waals surface area contributed by atoms with Gasteiger partial charge in [0, 0.05) is 18.9 Å². The number of aryl methyl sites for hydroxylation is 1. The van der Waals surface area contributed by atoms with Crippen LogP contribution in [0.4, 0.5) is 10.1 Å². The lowest BCUT2D eigenvalue weighted by Crippen LogP contribution is -2.24. The van der Waals surface area contributed by atoms with Crippen LogP contribution in [0.2, 0.25) is 0 Å². The van der Waals surface area contributed by atoms with Gasteiger partial charge in [-0.25, -0.2) is 17.5 Å². The van der Waals surface area contributed by atoms with Crippen LogP contribution in [0.1, 0.15) is 11.1 Å². The van der Waals surface area contributed by atoms with Gasteiger partial charge in [-0.15, -0.1) is 0 Å². The molecule has 0 unspecified atom stereocenters. The van der Waals surface area contributed by atoms with Crippen LogP contribution in [0.15, 0.2) is 41.6 Å². The van der Waals surface area contributed by atoms with E-state index in [1.54, 1.807) is 18.5 Å². The standard InChI is InChI=1S/C13H14FN3O2S/c1-9-7-16-5-4-10(9)8-17-20(18,19)13-3-2-11(14)6-12(13)15/h2-7,17H,8,15H2,1H3. The topological polar surface area (TPSA) is 85.1 Å². The number of nitrogens with one attached hydrogen (secondary N) is 1. The Morgan fingerprint density at radius 2 is 2.10 bits per heavy atom. The van der Waals surface area contributed by atoms with Crippen LogP contribution in [-0.2, 0) is 16.6 Å². The number of nitrogen functional groups attached to an aromatic ring is 1. The number of nitrogens with zero attached hydrogens (tertiary/aromatic N) is 1. The van der Waals surface area contributed by atoms with Crippen molar-refractivity contribution in [1.82, 2.24) is 9.71 Å². The maximum Gasteiger partial charge on any atom is 0.242 e. The first-order valence-electron chi connectivity index (χ1n) is 5.84. The number of sulfonamides is 1. The van der Waals surface area contributed by atoms with Crippen LogP contribution in [0, 0.1) is 12.7 Å². The van der Waals surface area contributed by atoms with Crippen LogP contribution in [-0.4, -0.2) is 13.4 Å². The molecule has 0 spiro atoms. The second-order valence-electron chi connectivity index (χ2n) is 4.31. The Kier molecular flexibility index (Phi) is 4.01. The molecule has 0 aliphatic heterocycles. The molecule has 7 heteroatoms. The van der Waals surface area contributed by atoms with Gasteiger partial charge in [-0.05, 0) is 42.3 Å². The van der Waals surface area contributed by atoms with Crippen LogP contribution in [0.5, 0.6) is 0 Å². The van der Waals surface area contributed by atoms with Crippen LogP contribution in [0.3, 0.4) is 0 Å². The van der Waals surface area contributed by atoms with Gasteiger partial charge in [0.05, 0.1) is 5.69 Å². The van der Waals surface area contributed by atoms with Gasteiger partial charge in [0.25, 0.3) is 0 Å². The number of hydrogen-bond donors (Lipinski definition) is 2. The molecule has 0 aliphatic rings. The summed E-state index contributed by atoms with van der Waals surface area (Å²) in [5.74, 6) is -0.577. The van der Waals surface area contributed by atoms with Crippen molar-refractivity contribution in [3.8, 4) is 0 Å². The summed E-state index contributed by atoms with van der Waals surface area (Å²) < 4.78 is 39.6. The highest BCUT2D eigenvalue weighted by atomic mass is 32.2. The Balaban J connectivity index is 2.22. The first kappa shape index (κ1) is 14.4. The number of hydrogen-bond acceptors (Lipinski definition) is 4. The Morgan fingerprint density at radius 1 is 1.35 bits per heavy atom. The average Bonchev–Trinajstić information content (AvgIpc) is 2.37. The molecule has 1 aromatic carbocycles. The summed E-state index contributed by atoms with van der Waals surface area (Å²) in [6.45, 7) is 1.95. The normalized spacial score (nSPS) is 11.5. The molecule has 2 rings (SSSR count). The molecule has 5 nitrogen and oxygen atoms in total. The van der Waals surface area contributed by atoms with Gasteiger partial charge in [-0.3, -0.25) is 4.98 Å². The van der Waals surface area contributed by atoms with Gasteiger partial charge in [-0.1, -0.05) is 0 Å². The Hall–Kier alpha value is -1.99. The van der Waals surface area contributed by atoms with E-state index in [1.165, 1.54) is 0 Å². The van der Waals surface area contributed by atoms with Gasteiger partial charge in [0.1, 0.15) is 10.7 Å². The Bertz CT molecular complexity index is 732. The third kappa shape index (κ3) is 3.12. The molecule has 3 N–H and O–H groups in total. The molecule has 0 atom stereocenters. The molecule has 0 saturated carbocycles. The molecule has 0 saturated heterocycles. The minimum Gasteiger partial charge on any atom is -0.398 e. The summed E-state index contributed by atoms with van der Waals surface area (Å²) in [6, 6.07) is 4.91. The first-order chi connectivity index (χ1) is 9.40. The molecule has 106 valence electrons. The molecule has 0 radical (unpaired) electrons. The highest BCUT2D eigenvalue weighted by molar-refractivity contribution is 7.89. The van der Waals surface area contributed by atoms with Crippen molar-refractivity contribution in [2.24, 2.45) is 0 Å². The van der Waals surface area contributed by atoms with E-state index >= 15 is 0 Å². The van der Waals surface area contributed by atoms with E-state index in [2.05, 4.69) is 9.71 Å². The third-order valence-electron chi connectivity index (χ3n) is 2.85. The fraction of sp³-hybridized carbons (Fsp3) is 0.154. The zero-order valence-electron chi connectivity index (χ0n) is 10.8. The van der Waals surface area contributed by atoms with Gasteiger partial charge in [0.15, 0.2) is 0 Å². The van der Waals surface area contributed by atoms with E-state index < -0.39 is 15.8 Å². The summed E-state index contributed by atoms with van der Waals surface area (Å²) in [5.41, 5.74) is 7.10. The monoisotopic (exact) mass is 295 g/mol. The quantitative estimate of drug-likeness (QED) is 0.839. The summed E-state index contributed by atoms with van der Waals surface area (Å²) >= 11 is 0. The number of benzene rings is 1. The maximum absolute atomic E-state index is 12.9. The summed E-state index contributed by atoms with van der Waals surface area (Å²) in [4.78, 5) is 3.80. The van der Waals surface area contributed by atoms with Crippen LogP contribution < -0.4 is 10.5 Å². The van der Waals surface area contributed by atoms with Crippen LogP contribution >= 0.6 is 0 Å². The molecule has 0 amide bonds. The fourth-order valence-corrected chi connectivity index (χ4v) is 2.83. The van der Waals surface area contributed by atoms with Crippen molar-refractivity contribution < 1.29 is 12.8 Å². The van der Waals surface area contributed by atoms with Gasteiger partial charge in [-0.2, -0.15) is 0 Å². The smallest absolute Gasteiger partial charge is 0.242 e. The zero-order chi connectivity index (χ0) is 14.8. The molecule has 2 aromatic rings. The minimum absolute atomic E-state index is 0.119. The highest BCUT2D eigenvalue weighted by Crippen LogP contribution is 2.19. The lowest BCUT2D eigenvalue weighted by Gasteiger charge is -2.10. The van der Waals surface area contributed by atoms with Crippen molar-refractivity contribution in [3.63, 3.8) is 0 Å². The van der Waals surface area contributed by atoms with Gasteiger partial charge >= 0.3 is 0 Å². The first-order valence-corrected chi connectivity index (χ1v) is 7.32. The van der Waals surface area contributed by atoms with E-state index in [1.807, 2.05) is 6.92 Å². The van der Waals surface area contributed by atoms with E-state index in [9.17, 15) is 12.8 Å². The van der Waals surface area contributed by atoms with E-state index in [4.69, 9.17) is 5.73 Å². The van der Waals surface area contributed by atoms with Crippen molar-refractivity contribution in [2.45, 2.75) is 18.4 Å². The zero-order valence-corrected chi connectivity index (χ0v) is 11.6.